The first-order chi connectivity index (χ1) is 9.97. The number of nitrogens with two attached hydrogens (primary N) is 1. The van der Waals surface area contributed by atoms with E-state index < -0.39 is 0 Å². The lowest BCUT2D eigenvalue weighted by molar-refractivity contribution is 0.0946. The zero-order chi connectivity index (χ0) is 15.6. The molecule has 2 aromatic rings. The van der Waals surface area contributed by atoms with Crippen LogP contribution < -0.4 is 11.1 Å². The molecule has 0 aliphatic heterocycles. The van der Waals surface area contributed by atoms with Gasteiger partial charge in [0.25, 0.3) is 5.91 Å². The van der Waals surface area contributed by atoms with Crippen LogP contribution in [0.15, 0.2) is 6.20 Å². The first-order valence-electron chi connectivity index (χ1n) is 7.11. The van der Waals surface area contributed by atoms with E-state index in [4.69, 9.17) is 5.73 Å². The van der Waals surface area contributed by atoms with Crippen LogP contribution >= 0.6 is 0 Å². The Bertz CT molecular complexity index is 655. The molecule has 7 heteroatoms. The molecular formula is C14H22N6O. The number of amides is 1. The summed E-state index contributed by atoms with van der Waals surface area (Å²) in [6, 6.07) is 0. The minimum Gasteiger partial charge on any atom is -0.396 e. The van der Waals surface area contributed by atoms with Gasteiger partial charge >= 0.3 is 0 Å². The molecule has 114 valence electrons. The van der Waals surface area contributed by atoms with Crippen LogP contribution in [0.2, 0.25) is 0 Å². The molecule has 2 rings (SSSR count). The van der Waals surface area contributed by atoms with Gasteiger partial charge in [-0.05, 0) is 27.7 Å². The number of hydrogen-bond donors (Lipinski definition) is 2. The Morgan fingerprint density at radius 3 is 2.52 bits per heavy atom. The van der Waals surface area contributed by atoms with Gasteiger partial charge in [0.05, 0.1) is 11.4 Å². The molecule has 0 unspecified atom stereocenters. The maximum Gasteiger partial charge on any atom is 0.274 e. The summed E-state index contributed by atoms with van der Waals surface area (Å²) in [7, 11) is 0. The molecule has 3 N–H and O–H groups in total. The number of nitrogens with zero attached hydrogens (tertiary/aromatic N) is 4. The zero-order valence-corrected chi connectivity index (χ0v) is 13.0. The Morgan fingerprint density at radius 2 is 2.00 bits per heavy atom. The third kappa shape index (κ3) is 2.91. The normalized spacial score (nSPS) is 10.9. The summed E-state index contributed by atoms with van der Waals surface area (Å²) in [5, 5.41) is 11.5. The molecule has 0 aliphatic carbocycles. The van der Waals surface area contributed by atoms with Gasteiger partial charge in [-0.1, -0.05) is 0 Å². The molecule has 1 amide bonds. The molecule has 0 radical (unpaired) electrons. The first kappa shape index (κ1) is 15.1. The minimum atomic E-state index is -0.261. The van der Waals surface area contributed by atoms with Crippen molar-refractivity contribution in [1.82, 2.24) is 24.9 Å². The van der Waals surface area contributed by atoms with Crippen LogP contribution in [0.4, 0.5) is 5.69 Å². The van der Waals surface area contributed by atoms with Gasteiger partial charge in [-0.25, -0.2) is 0 Å². The maximum absolute atomic E-state index is 12.2. The predicted octanol–water partition coefficient (Wildman–Crippen LogP) is 1.25. The smallest absolute Gasteiger partial charge is 0.274 e. The second-order valence-electron chi connectivity index (χ2n) is 4.94. The molecule has 2 aromatic heterocycles. The van der Waals surface area contributed by atoms with Crippen molar-refractivity contribution in [1.29, 1.82) is 0 Å². The zero-order valence-electron chi connectivity index (χ0n) is 13.0. The number of aromatic nitrogens is 4. The SMILES string of the molecule is CCn1cc(N)c(C(=O)NCc2c(C)nn(CC)c2C)n1. The number of nitrogen functional groups attached to an aromatic ring is 1. The highest BCUT2D eigenvalue weighted by Gasteiger charge is 2.16. The Kier molecular flexibility index (Phi) is 4.30. The minimum absolute atomic E-state index is 0.261. The van der Waals surface area contributed by atoms with Crippen molar-refractivity contribution < 1.29 is 4.79 Å². The Morgan fingerprint density at radius 1 is 1.29 bits per heavy atom. The lowest BCUT2D eigenvalue weighted by atomic mass is 10.2. The quantitative estimate of drug-likeness (QED) is 0.867. The fourth-order valence-electron chi connectivity index (χ4n) is 2.33. The number of nitrogens with one attached hydrogen (secondary N) is 1. The molecule has 0 aromatic carbocycles. The van der Waals surface area contributed by atoms with Crippen LogP contribution in [0.1, 0.15) is 41.3 Å². The first-order valence-corrected chi connectivity index (χ1v) is 7.11. The van der Waals surface area contributed by atoms with Crippen molar-refractivity contribution in [2.75, 3.05) is 5.73 Å². The molecule has 7 nitrogen and oxygen atoms in total. The van der Waals surface area contributed by atoms with Gasteiger partial charge in [0.2, 0.25) is 0 Å². The summed E-state index contributed by atoms with van der Waals surface area (Å²) in [6.45, 7) is 9.86. The van der Waals surface area contributed by atoms with Crippen molar-refractivity contribution in [3.63, 3.8) is 0 Å². The van der Waals surface area contributed by atoms with Crippen molar-refractivity contribution >= 4 is 11.6 Å². The van der Waals surface area contributed by atoms with E-state index >= 15 is 0 Å². The largest absolute Gasteiger partial charge is 0.396 e. The number of carbonyl (C=O) groups excluding carboxylic acids is 1. The van der Waals surface area contributed by atoms with Gasteiger partial charge in [0.15, 0.2) is 5.69 Å². The Balaban J connectivity index is 2.11. The molecule has 21 heavy (non-hydrogen) atoms. The van der Waals surface area contributed by atoms with E-state index in [1.165, 1.54) is 0 Å². The van der Waals surface area contributed by atoms with E-state index in [0.717, 1.165) is 23.5 Å². The van der Waals surface area contributed by atoms with Crippen LogP contribution in [-0.2, 0) is 19.6 Å². The monoisotopic (exact) mass is 290 g/mol. The summed E-state index contributed by atoms with van der Waals surface area (Å²) in [5.74, 6) is -0.261. The Labute approximate surface area is 124 Å². The molecule has 0 saturated carbocycles. The van der Waals surface area contributed by atoms with Gasteiger partial charge < -0.3 is 11.1 Å². The molecule has 0 fully saturated rings. The van der Waals surface area contributed by atoms with E-state index in [0.29, 0.717) is 18.8 Å². The average Bonchev–Trinajstić information content (AvgIpc) is 2.97. The number of anilines is 1. The van der Waals surface area contributed by atoms with E-state index in [1.54, 1.807) is 10.9 Å². The topological polar surface area (TPSA) is 90.8 Å². The number of carbonyl (C=O) groups is 1. The molecule has 0 aliphatic rings. The number of rotatable bonds is 5. The highest BCUT2D eigenvalue weighted by molar-refractivity contribution is 5.96. The van der Waals surface area contributed by atoms with Gasteiger partial charge in [-0.2, -0.15) is 10.2 Å². The predicted molar refractivity (Wildman–Crippen MR) is 80.9 cm³/mol. The third-order valence-electron chi connectivity index (χ3n) is 3.59. The van der Waals surface area contributed by atoms with Gasteiger partial charge in [0, 0.05) is 37.1 Å². The standard InChI is InChI=1S/C14H22N6O/c1-5-19-8-12(15)13(18-19)14(21)16-7-11-9(3)17-20(6-2)10(11)4/h8H,5-7,15H2,1-4H3,(H,16,21). The van der Waals surface area contributed by atoms with Crippen molar-refractivity contribution in [2.24, 2.45) is 0 Å². The second-order valence-corrected chi connectivity index (χ2v) is 4.94. The molecule has 0 bridgehead atoms. The highest BCUT2D eigenvalue weighted by Crippen LogP contribution is 2.14. The highest BCUT2D eigenvalue weighted by atomic mass is 16.2. The fraction of sp³-hybridized carbons (Fsp3) is 0.500. The van der Waals surface area contributed by atoms with Crippen LogP contribution in [-0.4, -0.2) is 25.5 Å². The van der Waals surface area contributed by atoms with Crippen molar-refractivity contribution in [2.45, 2.75) is 47.3 Å². The summed E-state index contributed by atoms with van der Waals surface area (Å²) >= 11 is 0. The van der Waals surface area contributed by atoms with E-state index in [2.05, 4.69) is 15.5 Å². The molecule has 0 spiro atoms. The van der Waals surface area contributed by atoms with Gasteiger partial charge in [-0.15, -0.1) is 0 Å². The summed E-state index contributed by atoms with van der Waals surface area (Å²) < 4.78 is 3.58. The summed E-state index contributed by atoms with van der Waals surface area (Å²) in [4.78, 5) is 12.2. The number of hydrogen-bond acceptors (Lipinski definition) is 4. The van der Waals surface area contributed by atoms with Crippen LogP contribution in [0.3, 0.4) is 0 Å². The van der Waals surface area contributed by atoms with Gasteiger partial charge in [0.1, 0.15) is 0 Å². The van der Waals surface area contributed by atoms with E-state index in [-0.39, 0.29) is 11.6 Å². The number of aryl methyl sites for hydroxylation is 3. The maximum atomic E-state index is 12.2. The summed E-state index contributed by atoms with van der Waals surface area (Å²) in [6.07, 6.45) is 1.67. The summed E-state index contributed by atoms with van der Waals surface area (Å²) in [5.41, 5.74) is 9.52. The van der Waals surface area contributed by atoms with Crippen LogP contribution in [0, 0.1) is 13.8 Å². The van der Waals surface area contributed by atoms with Crippen LogP contribution in [0.5, 0.6) is 0 Å². The van der Waals surface area contributed by atoms with E-state index in [9.17, 15) is 4.79 Å². The molecule has 0 atom stereocenters. The van der Waals surface area contributed by atoms with Gasteiger partial charge in [-0.3, -0.25) is 14.2 Å². The molecule has 2 heterocycles. The third-order valence-corrected chi connectivity index (χ3v) is 3.59. The Hall–Kier alpha value is -2.31. The average molecular weight is 290 g/mol. The second kappa shape index (κ2) is 5.99. The van der Waals surface area contributed by atoms with Crippen molar-refractivity contribution in [3.05, 3.63) is 28.8 Å². The lowest BCUT2D eigenvalue weighted by Gasteiger charge is -2.05. The lowest BCUT2D eigenvalue weighted by Crippen LogP contribution is -2.25. The van der Waals surface area contributed by atoms with E-state index in [1.807, 2.05) is 32.4 Å². The van der Waals surface area contributed by atoms with Crippen molar-refractivity contribution in [3.8, 4) is 0 Å². The molecular weight excluding hydrogens is 268 g/mol. The van der Waals surface area contributed by atoms with Crippen LogP contribution in [0.25, 0.3) is 0 Å². The fourth-order valence-corrected chi connectivity index (χ4v) is 2.33. The molecule has 0 saturated heterocycles.